The third-order valence-corrected chi connectivity index (χ3v) is 7.06. The fourth-order valence-corrected chi connectivity index (χ4v) is 5.29. The van der Waals surface area contributed by atoms with Crippen molar-refractivity contribution in [1.29, 1.82) is 0 Å². The van der Waals surface area contributed by atoms with E-state index in [4.69, 9.17) is 12.2 Å². The number of aromatic amines is 2. The first kappa shape index (κ1) is 24.7. The second-order valence-electron chi connectivity index (χ2n) is 8.00. The molecule has 176 valence electrons. The van der Waals surface area contributed by atoms with E-state index in [1.54, 1.807) is 12.1 Å². The van der Waals surface area contributed by atoms with Gasteiger partial charge in [0.1, 0.15) is 11.5 Å². The van der Waals surface area contributed by atoms with E-state index in [1.807, 2.05) is 66.7 Å². The van der Waals surface area contributed by atoms with Crippen molar-refractivity contribution in [2.24, 2.45) is 0 Å². The third kappa shape index (κ3) is 5.17. The van der Waals surface area contributed by atoms with Crippen LogP contribution in [0.2, 0.25) is 0 Å². The molecule has 0 fully saturated rings. The Morgan fingerprint density at radius 3 is 1.74 bits per heavy atom. The highest BCUT2D eigenvalue weighted by Gasteiger charge is 2.14. The summed E-state index contributed by atoms with van der Waals surface area (Å²) in [5, 5.41) is 24.7. The summed E-state index contributed by atoms with van der Waals surface area (Å²) < 4.78 is 0.686. The summed E-state index contributed by atoms with van der Waals surface area (Å²) in [6, 6.07) is 29.2. The number of imidazole rings is 1. The molecule has 0 bridgehead atoms. The van der Waals surface area contributed by atoms with E-state index in [1.165, 1.54) is 17.3 Å². The van der Waals surface area contributed by atoms with Gasteiger partial charge in [-0.25, -0.2) is 0 Å². The van der Waals surface area contributed by atoms with Crippen LogP contribution in [-0.4, -0.2) is 20.2 Å². The minimum atomic E-state index is 0. The molecule has 1 aromatic heterocycles. The molecule has 1 heterocycles. The lowest BCUT2D eigenvalue weighted by Crippen LogP contribution is -1.83. The van der Waals surface area contributed by atoms with Crippen molar-refractivity contribution in [3.8, 4) is 11.5 Å². The number of rotatable bonds is 2. The van der Waals surface area contributed by atoms with Gasteiger partial charge in [0.25, 0.3) is 0 Å². The van der Waals surface area contributed by atoms with E-state index in [0.717, 1.165) is 42.4 Å². The number of H-pyrrole nitrogens is 2. The van der Waals surface area contributed by atoms with Crippen LogP contribution in [0.4, 0.5) is 0 Å². The van der Waals surface area contributed by atoms with Crippen LogP contribution in [0.25, 0.3) is 32.6 Å². The van der Waals surface area contributed by atoms with Crippen molar-refractivity contribution in [2.75, 3.05) is 0 Å². The van der Waals surface area contributed by atoms with Crippen LogP contribution in [0, 0.1) is 11.7 Å². The molecule has 4 nitrogen and oxygen atoms in total. The lowest BCUT2D eigenvalue weighted by atomic mass is 10.1. The van der Waals surface area contributed by atoms with Gasteiger partial charge >= 0.3 is 0 Å². The molecule has 0 saturated heterocycles. The number of fused-ring (bicyclic) bond motifs is 3. The standard InChI is InChI=1S/C20H14O2S.C8H8N2S.H2S/c21-17-11-9-13-5-1-3-7-15(13)19(17)23-20-16-8-4-2-6-14(16)10-12-18(20)22;1-5-2-3-6-7(4-5)10-8(11)9-6;/h1-12,21-22H;2-4H,1H3,(H2,9,10,11);1H2. The molecule has 7 heteroatoms. The third-order valence-electron chi connectivity index (χ3n) is 5.59. The molecule has 0 atom stereocenters. The van der Waals surface area contributed by atoms with Crippen LogP contribution in [0.3, 0.4) is 0 Å². The lowest BCUT2D eigenvalue weighted by Gasteiger charge is -2.12. The van der Waals surface area contributed by atoms with Gasteiger partial charge in [-0.2, -0.15) is 13.5 Å². The predicted molar refractivity (Wildman–Crippen MR) is 154 cm³/mol. The first-order valence-electron chi connectivity index (χ1n) is 10.8. The van der Waals surface area contributed by atoms with Gasteiger partial charge in [-0.05, 0) is 70.5 Å². The summed E-state index contributed by atoms with van der Waals surface area (Å²) in [5.74, 6) is 0.446. The Labute approximate surface area is 219 Å². The summed E-state index contributed by atoms with van der Waals surface area (Å²) in [5.41, 5.74) is 3.39. The summed E-state index contributed by atoms with van der Waals surface area (Å²) in [6.07, 6.45) is 0. The Balaban J connectivity index is 0.000000203. The highest BCUT2D eigenvalue weighted by Crippen LogP contribution is 2.45. The van der Waals surface area contributed by atoms with Gasteiger partial charge < -0.3 is 20.2 Å². The molecule has 0 unspecified atom stereocenters. The minimum absolute atomic E-state index is 0. The van der Waals surface area contributed by atoms with Crippen LogP contribution in [0.15, 0.2) is 101 Å². The fourth-order valence-electron chi connectivity index (χ4n) is 3.93. The summed E-state index contributed by atoms with van der Waals surface area (Å²) in [7, 11) is 0. The SMILES string of the molecule is Cc1ccc2[nH]c(=S)[nH]c2c1.Oc1ccc2ccccc2c1Sc1c(O)ccc2ccccc12.S. The molecule has 0 amide bonds. The number of aromatic hydroxyl groups is 2. The van der Waals surface area contributed by atoms with Crippen molar-refractivity contribution >= 4 is 70.1 Å². The van der Waals surface area contributed by atoms with E-state index >= 15 is 0 Å². The highest BCUT2D eigenvalue weighted by molar-refractivity contribution is 8.00. The maximum absolute atomic E-state index is 10.3. The Bertz CT molecular complexity index is 1620. The van der Waals surface area contributed by atoms with Gasteiger partial charge in [-0.1, -0.05) is 78.5 Å². The number of nitrogens with one attached hydrogen (secondary N) is 2. The van der Waals surface area contributed by atoms with Crippen LogP contribution in [0.1, 0.15) is 5.56 Å². The number of phenols is 2. The average Bonchev–Trinajstić information content (AvgIpc) is 3.22. The zero-order valence-corrected chi connectivity index (χ0v) is 21.5. The van der Waals surface area contributed by atoms with E-state index < -0.39 is 0 Å². The Morgan fingerprint density at radius 2 is 1.17 bits per heavy atom. The van der Waals surface area contributed by atoms with Crippen LogP contribution in [-0.2, 0) is 0 Å². The average molecular weight is 517 g/mol. The molecular formula is C28H24N2O2S3. The van der Waals surface area contributed by atoms with Gasteiger partial charge in [0.15, 0.2) is 4.77 Å². The van der Waals surface area contributed by atoms with E-state index in [-0.39, 0.29) is 25.0 Å². The van der Waals surface area contributed by atoms with E-state index in [2.05, 4.69) is 29.0 Å². The van der Waals surface area contributed by atoms with Gasteiger partial charge in [0.05, 0.1) is 20.8 Å². The second-order valence-corrected chi connectivity index (χ2v) is 9.43. The number of aromatic nitrogens is 2. The molecule has 5 aromatic carbocycles. The monoisotopic (exact) mass is 516 g/mol. The molecule has 0 saturated carbocycles. The Morgan fingerprint density at radius 1 is 0.657 bits per heavy atom. The summed E-state index contributed by atoms with van der Waals surface area (Å²) in [4.78, 5) is 7.62. The highest BCUT2D eigenvalue weighted by atomic mass is 32.2. The smallest absolute Gasteiger partial charge is 0.175 e. The summed E-state index contributed by atoms with van der Waals surface area (Å²) in [6.45, 7) is 2.06. The lowest BCUT2D eigenvalue weighted by molar-refractivity contribution is 0.462. The predicted octanol–water partition coefficient (Wildman–Crippen LogP) is 8.20. The number of benzene rings is 5. The van der Waals surface area contributed by atoms with Crippen molar-refractivity contribution in [2.45, 2.75) is 16.7 Å². The largest absolute Gasteiger partial charge is 0.507 e. The second kappa shape index (κ2) is 10.5. The molecule has 0 aliphatic carbocycles. The molecule has 4 N–H and O–H groups in total. The number of phenolic OH excluding ortho intramolecular Hbond substituents is 2. The van der Waals surface area contributed by atoms with Crippen molar-refractivity contribution in [3.63, 3.8) is 0 Å². The molecule has 0 aliphatic heterocycles. The molecule has 6 aromatic rings. The van der Waals surface area contributed by atoms with E-state index in [9.17, 15) is 10.2 Å². The van der Waals surface area contributed by atoms with Gasteiger partial charge in [0.2, 0.25) is 0 Å². The maximum atomic E-state index is 10.3. The van der Waals surface area contributed by atoms with E-state index in [0.29, 0.717) is 4.77 Å². The number of hydrogen-bond acceptors (Lipinski definition) is 4. The summed E-state index contributed by atoms with van der Waals surface area (Å²) >= 11 is 6.34. The van der Waals surface area contributed by atoms with Crippen molar-refractivity contribution in [3.05, 3.63) is 101 Å². The quantitative estimate of drug-likeness (QED) is 0.175. The van der Waals surface area contributed by atoms with Crippen LogP contribution < -0.4 is 0 Å². The zero-order chi connectivity index (χ0) is 23.7. The zero-order valence-electron chi connectivity index (χ0n) is 18.9. The van der Waals surface area contributed by atoms with Crippen molar-refractivity contribution in [1.82, 2.24) is 9.97 Å². The molecule has 0 aliphatic rings. The Kier molecular flexibility index (Phi) is 7.40. The first-order valence-corrected chi connectivity index (χ1v) is 12.0. The molecule has 6 rings (SSSR count). The number of aryl methyl sites for hydroxylation is 1. The normalized spacial score (nSPS) is 10.7. The van der Waals surface area contributed by atoms with Gasteiger partial charge in [0, 0.05) is 0 Å². The van der Waals surface area contributed by atoms with Gasteiger partial charge in [-0.3, -0.25) is 0 Å². The van der Waals surface area contributed by atoms with Crippen molar-refractivity contribution < 1.29 is 10.2 Å². The maximum Gasteiger partial charge on any atom is 0.175 e. The molecule has 0 radical (unpaired) electrons. The molecule has 0 spiro atoms. The Hall–Kier alpha value is -3.39. The van der Waals surface area contributed by atoms with Crippen LogP contribution >= 0.6 is 37.5 Å². The molecule has 35 heavy (non-hydrogen) atoms. The minimum Gasteiger partial charge on any atom is -0.507 e. The van der Waals surface area contributed by atoms with Crippen LogP contribution in [0.5, 0.6) is 11.5 Å². The first-order chi connectivity index (χ1) is 16.5. The van der Waals surface area contributed by atoms with Gasteiger partial charge in [-0.15, -0.1) is 0 Å². The fraction of sp³-hybridized carbons (Fsp3) is 0.0357. The molecular weight excluding hydrogens is 493 g/mol. The topological polar surface area (TPSA) is 72.0 Å². The number of hydrogen-bond donors (Lipinski definition) is 4.